The van der Waals surface area contributed by atoms with Crippen LogP contribution >= 0.6 is 0 Å². The van der Waals surface area contributed by atoms with E-state index in [1.807, 2.05) is 24.3 Å². The molecule has 1 aromatic heterocycles. The minimum atomic E-state index is -3.95. The van der Waals surface area contributed by atoms with E-state index in [9.17, 15) is 13.2 Å². The van der Waals surface area contributed by atoms with Crippen molar-refractivity contribution < 1.29 is 17.9 Å². The van der Waals surface area contributed by atoms with Crippen molar-refractivity contribution in [3.8, 4) is 0 Å². The van der Waals surface area contributed by atoms with Crippen molar-refractivity contribution in [1.29, 1.82) is 0 Å². The number of ether oxygens (including phenoxy) is 1. The first-order chi connectivity index (χ1) is 15.4. The normalized spacial score (nSPS) is 30.3. The van der Waals surface area contributed by atoms with Crippen LogP contribution < -0.4 is 0 Å². The first kappa shape index (κ1) is 19.8. The fraction of sp³-hybridized carbons (Fsp3) is 0.320. The molecule has 2 aromatic carbocycles. The largest absolute Gasteiger partial charge is 0.468 e. The number of nitrogens with zero attached hydrogens (tertiary/aromatic N) is 2. The lowest BCUT2D eigenvalue weighted by Crippen LogP contribution is -2.66. The van der Waals surface area contributed by atoms with Crippen LogP contribution in [-0.4, -0.2) is 43.0 Å². The van der Waals surface area contributed by atoms with Crippen molar-refractivity contribution in [3.63, 3.8) is 0 Å². The van der Waals surface area contributed by atoms with Crippen molar-refractivity contribution in [2.24, 2.45) is 5.92 Å². The van der Waals surface area contributed by atoms with Crippen molar-refractivity contribution in [2.75, 3.05) is 13.7 Å². The van der Waals surface area contributed by atoms with E-state index in [4.69, 9.17) is 4.74 Å². The zero-order valence-corrected chi connectivity index (χ0v) is 18.7. The Bertz CT molecular complexity index is 1390. The molecule has 1 aliphatic carbocycles. The second kappa shape index (κ2) is 6.56. The highest BCUT2D eigenvalue weighted by Gasteiger charge is 2.63. The molecule has 0 saturated carbocycles. The fourth-order valence-corrected chi connectivity index (χ4v) is 7.88. The summed E-state index contributed by atoms with van der Waals surface area (Å²) in [5.74, 6) is -0.206. The standard InChI is InChI=1S/C25H24N2O4S/c1-16-22-19-10-6-7-11-20(19)27(32(29,30)18-8-4-3-5-9-18)23(22)25(24(28)31-2)14-17-12-13-21(25)26(16)15-17/h3-13,16-17,21H,14-15H2,1-2H3/t16?,17-,21+,25+/m0/s1. The van der Waals surface area contributed by atoms with Gasteiger partial charge in [-0.25, -0.2) is 12.4 Å². The molecule has 4 bridgehead atoms. The molecule has 1 fully saturated rings. The summed E-state index contributed by atoms with van der Waals surface area (Å²) < 4.78 is 35.0. The summed E-state index contributed by atoms with van der Waals surface area (Å²) in [7, 11) is -2.56. The minimum absolute atomic E-state index is 0.0299. The van der Waals surface area contributed by atoms with Gasteiger partial charge in [0.25, 0.3) is 10.0 Å². The van der Waals surface area contributed by atoms with Gasteiger partial charge in [0, 0.05) is 23.5 Å². The number of para-hydroxylation sites is 1. The monoisotopic (exact) mass is 448 g/mol. The summed E-state index contributed by atoms with van der Waals surface area (Å²) >= 11 is 0. The lowest BCUT2D eigenvalue weighted by molar-refractivity contribution is -0.156. The van der Waals surface area contributed by atoms with E-state index in [1.54, 1.807) is 30.3 Å². The summed E-state index contributed by atoms with van der Waals surface area (Å²) in [6.45, 7) is 2.96. The van der Waals surface area contributed by atoms with Crippen LogP contribution in [0.5, 0.6) is 0 Å². The summed E-state index contributed by atoms with van der Waals surface area (Å²) in [5.41, 5.74) is 1.01. The Morgan fingerprint density at radius 1 is 1.06 bits per heavy atom. The molecular weight excluding hydrogens is 424 g/mol. The number of fused-ring (bicyclic) bond motifs is 3. The quantitative estimate of drug-likeness (QED) is 0.452. The van der Waals surface area contributed by atoms with E-state index >= 15 is 0 Å². The molecule has 5 atom stereocenters. The highest BCUT2D eigenvalue weighted by atomic mass is 32.2. The third kappa shape index (κ3) is 2.27. The average molecular weight is 449 g/mol. The van der Waals surface area contributed by atoms with Gasteiger partial charge >= 0.3 is 5.97 Å². The van der Waals surface area contributed by atoms with Crippen molar-refractivity contribution in [2.45, 2.75) is 35.7 Å². The number of piperidine rings is 1. The molecule has 2 unspecified atom stereocenters. The van der Waals surface area contributed by atoms with Gasteiger partial charge in [-0.2, -0.15) is 0 Å². The number of carbonyl (C=O) groups excluding carboxylic acids is 1. The molecule has 3 aromatic rings. The molecule has 0 spiro atoms. The van der Waals surface area contributed by atoms with E-state index in [1.165, 1.54) is 11.1 Å². The van der Waals surface area contributed by atoms with Gasteiger partial charge in [0.05, 0.1) is 29.3 Å². The fourth-order valence-electron chi connectivity index (χ4n) is 6.24. The Kier molecular flexibility index (Phi) is 4.05. The summed E-state index contributed by atoms with van der Waals surface area (Å²) in [6, 6.07) is 15.7. The molecule has 7 rings (SSSR count). The molecule has 7 heteroatoms. The SMILES string of the molecule is COC(=O)[C@]12C[C@@H]3C=C[C@H]1N(C3)C(C)c1c2n(S(=O)(=O)c2ccccc2)c2ccccc12. The van der Waals surface area contributed by atoms with Gasteiger partial charge in [0.2, 0.25) is 0 Å². The van der Waals surface area contributed by atoms with Gasteiger partial charge in [-0.05, 0) is 37.5 Å². The molecule has 0 N–H and O–H groups in total. The number of hydrogen-bond donors (Lipinski definition) is 0. The third-order valence-electron chi connectivity index (χ3n) is 7.50. The van der Waals surface area contributed by atoms with Crippen molar-refractivity contribution in [3.05, 3.63) is 78.0 Å². The zero-order chi connectivity index (χ0) is 22.3. The van der Waals surface area contributed by atoms with E-state index in [-0.39, 0.29) is 28.9 Å². The maximum absolute atomic E-state index is 14.1. The van der Waals surface area contributed by atoms with Gasteiger partial charge in [-0.3, -0.25) is 9.69 Å². The van der Waals surface area contributed by atoms with Gasteiger partial charge < -0.3 is 4.74 Å². The van der Waals surface area contributed by atoms with Gasteiger partial charge in [-0.15, -0.1) is 0 Å². The molecule has 3 aliphatic heterocycles. The van der Waals surface area contributed by atoms with Crippen LogP contribution in [0.3, 0.4) is 0 Å². The highest BCUT2D eigenvalue weighted by molar-refractivity contribution is 7.90. The first-order valence-corrected chi connectivity index (χ1v) is 12.3. The Hall–Kier alpha value is -2.90. The lowest BCUT2D eigenvalue weighted by Gasteiger charge is -2.57. The van der Waals surface area contributed by atoms with Gasteiger partial charge in [0.1, 0.15) is 5.41 Å². The van der Waals surface area contributed by atoms with Crippen molar-refractivity contribution in [1.82, 2.24) is 8.87 Å². The highest BCUT2D eigenvalue weighted by Crippen LogP contribution is 2.57. The van der Waals surface area contributed by atoms with Crippen LogP contribution in [0.4, 0.5) is 0 Å². The smallest absolute Gasteiger partial charge is 0.319 e. The van der Waals surface area contributed by atoms with E-state index in [0.717, 1.165) is 17.5 Å². The van der Waals surface area contributed by atoms with E-state index in [2.05, 4.69) is 24.0 Å². The second-order valence-corrected chi connectivity index (χ2v) is 10.8. The van der Waals surface area contributed by atoms with Crippen LogP contribution in [-0.2, 0) is 25.0 Å². The third-order valence-corrected chi connectivity index (χ3v) is 9.23. The van der Waals surface area contributed by atoms with Crippen LogP contribution in [0.25, 0.3) is 10.9 Å². The van der Waals surface area contributed by atoms with Gasteiger partial charge in [0.15, 0.2) is 0 Å². The minimum Gasteiger partial charge on any atom is -0.468 e. The summed E-state index contributed by atoms with van der Waals surface area (Å²) in [6.07, 6.45) is 4.78. The lowest BCUT2D eigenvalue weighted by atomic mass is 9.60. The number of carbonyl (C=O) groups is 1. The molecule has 4 aliphatic rings. The summed E-state index contributed by atoms with van der Waals surface area (Å²) in [4.78, 5) is 16.1. The molecule has 0 radical (unpaired) electrons. The van der Waals surface area contributed by atoms with Crippen LogP contribution in [0, 0.1) is 5.92 Å². The maximum Gasteiger partial charge on any atom is 0.319 e. The number of esters is 1. The van der Waals surface area contributed by atoms with E-state index < -0.39 is 15.4 Å². The molecule has 4 heterocycles. The zero-order valence-electron chi connectivity index (χ0n) is 17.9. The Labute approximate surface area is 187 Å². The summed E-state index contributed by atoms with van der Waals surface area (Å²) in [5, 5.41) is 0.870. The molecular formula is C25H24N2O4S. The van der Waals surface area contributed by atoms with Crippen LogP contribution in [0.15, 0.2) is 71.6 Å². The van der Waals surface area contributed by atoms with Gasteiger partial charge in [-0.1, -0.05) is 48.6 Å². The molecule has 164 valence electrons. The second-order valence-electron chi connectivity index (χ2n) is 8.99. The molecule has 32 heavy (non-hydrogen) atoms. The number of rotatable bonds is 3. The average Bonchev–Trinajstić information content (AvgIpc) is 3.20. The number of hydrogen-bond acceptors (Lipinski definition) is 5. The molecule has 0 amide bonds. The van der Waals surface area contributed by atoms with E-state index in [0.29, 0.717) is 17.6 Å². The topological polar surface area (TPSA) is 68.6 Å². The predicted molar refractivity (Wildman–Crippen MR) is 121 cm³/mol. The molecule has 6 nitrogen and oxygen atoms in total. The van der Waals surface area contributed by atoms with Crippen molar-refractivity contribution >= 4 is 26.9 Å². The number of benzene rings is 2. The predicted octanol–water partition coefficient (Wildman–Crippen LogP) is 3.62. The molecule has 1 saturated heterocycles. The number of aromatic nitrogens is 1. The Balaban J connectivity index is 1.79. The number of methoxy groups -OCH3 is 1. The maximum atomic E-state index is 14.1. The van der Waals surface area contributed by atoms with Crippen LogP contribution in [0.2, 0.25) is 0 Å². The first-order valence-electron chi connectivity index (χ1n) is 10.9. The van der Waals surface area contributed by atoms with Crippen LogP contribution in [0.1, 0.15) is 30.6 Å². The Morgan fingerprint density at radius 2 is 1.78 bits per heavy atom. The Morgan fingerprint density at radius 3 is 2.50 bits per heavy atom.